The highest BCUT2D eigenvalue weighted by molar-refractivity contribution is 6.02. The molecule has 0 spiro atoms. The van der Waals surface area contributed by atoms with E-state index in [0.717, 1.165) is 27.8 Å². The second kappa shape index (κ2) is 9.62. The molecule has 0 radical (unpaired) electrons. The third kappa shape index (κ3) is 4.63. The van der Waals surface area contributed by atoms with Crippen LogP contribution < -0.4 is 10.1 Å². The molecular formula is C23H27NO2. The average Bonchev–Trinajstić information content (AvgIpc) is 2.69. The predicted octanol–water partition coefficient (Wildman–Crippen LogP) is 6.01. The van der Waals surface area contributed by atoms with Gasteiger partial charge < -0.3 is 10.1 Å². The molecule has 0 heterocycles. The first-order valence-electron chi connectivity index (χ1n) is 9.09. The maximum atomic E-state index is 12.5. The van der Waals surface area contributed by atoms with Gasteiger partial charge in [-0.15, -0.1) is 0 Å². The van der Waals surface area contributed by atoms with Crippen LogP contribution in [0.15, 0.2) is 66.7 Å². The lowest BCUT2D eigenvalue weighted by atomic mass is 9.96. The fourth-order valence-corrected chi connectivity index (χ4v) is 3.00. The number of amides is 1. The molecule has 0 fully saturated rings. The van der Waals surface area contributed by atoms with E-state index in [4.69, 9.17) is 4.74 Å². The van der Waals surface area contributed by atoms with E-state index in [-0.39, 0.29) is 11.8 Å². The SMILES string of the molecule is CC.COc1ccccc1C(C)CC(=O)Nc1cccc2ccccc12. The van der Waals surface area contributed by atoms with E-state index in [2.05, 4.69) is 5.32 Å². The Balaban J connectivity index is 0.00000117. The number of benzene rings is 3. The van der Waals surface area contributed by atoms with Gasteiger partial charge >= 0.3 is 0 Å². The number of carbonyl (C=O) groups excluding carboxylic acids is 1. The minimum atomic E-state index is 0.00441. The Hall–Kier alpha value is -2.81. The van der Waals surface area contributed by atoms with E-state index in [9.17, 15) is 4.79 Å². The van der Waals surface area contributed by atoms with Gasteiger partial charge in [0.15, 0.2) is 0 Å². The first-order valence-corrected chi connectivity index (χ1v) is 9.09. The van der Waals surface area contributed by atoms with E-state index in [1.165, 1.54) is 0 Å². The molecule has 0 saturated carbocycles. The van der Waals surface area contributed by atoms with Crippen molar-refractivity contribution >= 4 is 22.4 Å². The molecule has 0 aromatic heterocycles. The van der Waals surface area contributed by atoms with Crippen LogP contribution in [0.2, 0.25) is 0 Å². The summed E-state index contributed by atoms with van der Waals surface area (Å²) in [5.74, 6) is 0.906. The largest absolute Gasteiger partial charge is 0.496 e. The van der Waals surface area contributed by atoms with Crippen LogP contribution in [0.5, 0.6) is 5.75 Å². The zero-order chi connectivity index (χ0) is 18.9. The summed E-state index contributed by atoms with van der Waals surface area (Å²) in [5, 5.41) is 5.22. The summed E-state index contributed by atoms with van der Waals surface area (Å²) in [6.45, 7) is 6.04. The van der Waals surface area contributed by atoms with Gasteiger partial charge in [0.1, 0.15) is 5.75 Å². The number of hydrogen-bond acceptors (Lipinski definition) is 2. The van der Waals surface area contributed by atoms with Crippen molar-refractivity contribution < 1.29 is 9.53 Å². The van der Waals surface area contributed by atoms with Gasteiger partial charge in [0, 0.05) is 17.5 Å². The summed E-state index contributed by atoms with van der Waals surface area (Å²) in [5.41, 5.74) is 1.90. The van der Waals surface area contributed by atoms with Crippen LogP contribution in [-0.4, -0.2) is 13.0 Å². The minimum Gasteiger partial charge on any atom is -0.496 e. The molecule has 26 heavy (non-hydrogen) atoms. The van der Waals surface area contributed by atoms with Crippen LogP contribution >= 0.6 is 0 Å². The summed E-state index contributed by atoms with van der Waals surface area (Å²) in [6.07, 6.45) is 0.406. The number of methoxy groups -OCH3 is 1. The molecule has 1 atom stereocenters. The lowest BCUT2D eigenvalue weighted by Gasteiger charge is -2.16. The summed E-state index contributed by atoms with van der Waals surface area (Å²) in [6, 6.07) is 21.8. The van der Waals surface area contributed by atoms with Crippen molar-refractivity contribution in [1.82, 2.24) is 0 Å². The number of rotatable bonds is 5. The van der Waals surface area contributed by atoms with E-state index in [1.54, 1.807) is 7.11 Å². The normalized spacial score (nSPS) is 11.2. The predicted molar refractivity (Wildman–Crippen MR) is 110 cm³/mol. The van der Waals surface area contributed by atoms with Crippen molar-refractivity contribution in [2.24, 2.45) is 0 Å². The highest BCUT2D eigenvalue weighted by atomic mass is 16.5. The van der Waals surface area contributed by atoms with Crippen molar-refractivity contribution in [2.75, 3.05) is 12.4 Å². The number of nitrogens with one attached hydrogen (secondary N) is 1. The smallest absolute Gasteiger partial charge is 0.224 e. The Morgan fingerprint density at radius 1 is 0.962 bits per heavy atom. The highest BCUT2D eigenvalue weighted by Crippen LogP contribution is 2.29. The Kier molecular flexibility index (Phi) is 7.22. The van der Waals surface area contributed by atoms with Crippen molar-refractivity contribution in [2.45, 2.75) is 33.1 Å². The fraction of sp³-hybridized carbons (Fsp3) is 0.261. The Bertz CT molecular complexity index is 852. The zero-order valence-corrected chi connectivity index (χ0v) is 16.0. The van der Waals surface area contributed by atoms with Crippen LogP contribution in [0.4, 0.5) is 5.69 Å². The van der Waals surface area contributed by atoms with Crippen molar-refractivity contribution in [3.8, 4) is 5.75 Å². The topological polar surface area (TPSA) is 38.3 Å². The van der Waals surface area contributed by atoms with E-state index in [1.807, 2.05) is 87.5 Å². The van der Waals surface area contributed by atoms with Crippen molar-refractivity contribution in [3.05, 3.63) is 72.3 Å². The van der Waals surface area contributed by atoms with Gasteiger partial charge in [-0.05, 0) is 29.0 Å². The molecule has 3 aromatic carbocycles. The quantitative estimate of drug-likeness (QED) is 0.613. The lowest BCUT2D eigenvalue weighted by molar-refractivity contribution is -0.116. The average molecular weight is 349 g/mol. The van der Waals surface area contributed by atoms with E-state index in [0.29, 0.717) is 6.42 Å². The van der Waals surface area contributed by atoms with Gasteiger partial charge in [-0.3, -0.25) is 4.79 Å². The van der Waals surface area contributed by atoms with Crippen LogP contribution in [-0.2, 0) is 4.79 Å². The molecule has 136 valence electrons. The molecule has 3 aromatic rings. The van der Waals surface area contributed by atoms with Gasteiger partial charge in [-0.1, -0.05) is 75.4 Å². The molecular weight excluding hydrogens is 322 g/mol. The molecule has 1 N–H and O–H groups in total. The standard InChI is InChI=1S/C21H21NO2.C2H6/c1-15(17-10-5-6-13-20(17)24-2)14-21(23)22-19-12-7-9-16-8-3-4-11-18(16)19;1-2/h3-13,15H,14H2,1-2H3,(H,22,23);1-2H3. The monoisotopic (exact) mass is 349 g/mol. The Morgan fingerprint density at radius 3 is 2.38 bits per heavy atom. The second-order valence-electron chi connectivity index (χ2n) is 5.92. The van der Waals surface area contributed by atoms with E-state index < -0.39 is 0 Å². The summed E-state index contributed by atoms with van der Waals surface area (Å²) < 4.78 is 5.39. The van der Waals surface area contributed by atoms with Gasteiger partial charge in [-0.25, -0.2) is 0 Å². The Labute approximate surface area is 156 Å². The van der Waals surface area contributed by atoms with Crippen LogP contribution in [0, 0.1) is 0 Å². The molecule has 0 saturated heterocycles. The maximum Gasteiger partial charge on any atom is 0.224 e. The molecule has 3 nitrogen and oxygen atoms in total. The van der Waals surface area contributed by atoms with Crippen LogP contribution in [0.1, 0.15) is 38.7 Å². The molecule has 0 bridgehead atoms. The number of hydrogen-bond donors (Lipinski definition) is 1. The fourth-order valence-electron chi connectivity index (χ4n) is 3.00. The maximum absolute atomic E-state index is 12.5. The van der Waals surface area contributed by atoms with Crippen LogP contribution in [0.3, 0.4) is 0 Å². The molecule has 1 amide bonds. The van der Waals surface area contributed by atoms with Gasteiger partial charge in [0.2, 0.25) is 5.91 Å². The van der Waals surface area contributed by atoms with Crippen molar-refractivity contribution in [1.29, 1.82) is 0 Å². The van der Waals surface area contributed by atoms with Gasteiger partial charge in [-0.2, -0.15) is 0 Å². The van der Waals surface area contributed by atoms with Crippen LogP contribution in [0.25, 0.3) is 10.8 Å². The van der Waals surface area contributed by atoms with Crippen molar-refractivity contribution in [3.63, 3.8) is 0 Å². The Morgan fingerprint density at radius 2 is 1.62 bits per heavy atom. The third-order valence-corrected chi connectivity index (χ3v) is 4.23. The summed E-state index contributed by atoms with van der Waals surface area (Å²) in [4.78, 5) is 12.5. The first-order chi connectivity index (χ1) is 12.7. The molecule has 3 heteroatoms. The number of carbonyl (C=O) groups is 1. The van der Waals surface area contributed by atoms with Gasteiger partial charge in [0.05, 0.1) is 7.11 Å². The van der Waals surface area contributed by atoms with E-state index >= 15 is 0 Å². The second-order valence-corrected chi connectivity index (χ2v) is 5.92. The molecule has 0 aliphatic rings. The molecule has 0 aliphatic carbocycles. The van der Waals surface area contributed by atoms with Gasteiger partial charge in [0.25, 0.3) is 0 Å². The third-order valence-electron chi connectivity index (χ3n) is 4.23. The minimum absolute atomic E-state index is 0.00441. The first kappa shape index (κ1) is 19.5. The zero-order valence-electron chi connectivity index (χ0n) is 16.0. The number of fused-ring (bicyclic) bond motifs is 1. The summed E-state index contributed by atoms with van der Waals surface area (Å²) >= 11 is 0. The molecule has 1 unspecified atom stereocenters. The highest BCUT2D eigenvalue weighted by Gasteiger charge is 2.15. The number of para-hydroxylation sites is 1. The summed E-state index contributed by atoms with van der Waals surface area (Å²) in [7, 11) is 1.65. The number of ether oxygens (including phenoxy) is 1. The number of anilines is 1. The lowest BCUT2D eigenvalue weighted by Crippen LogP contribution is -2.15. The molecule has 0 aliphatic heterocycles. The molecule has 3 rings (SSSR count).